The quantitative estimate of drug-likeness (QED) is 0.592. The molecule has 144 valence electrons. The molecule has 1 aromatic carbocycles. The Morgan fingerprint density at radius 3 is 2.78 bits per heavy atom. The Balaban J connectivity index is 1.51. The first-order chi connectivity index (χ1) is 13.2. The zero-order valence-electron chi connectivity index (χ0n) is 15.6. The van der Waals surface area contributed by atoms with Gasteiger partial charge in [-0.25, -0.2) is 4.68 Å². The number of nitrogens with one attached hydrogen (secondary N) is 1. The highest BCUT2D eigenvalue weighted by Gasteiger charge is 2.13. The average molecular weight is 371 g/mol. The van der Waals surface area contributed by atoms with Gasteiger partial charge in [-0.15, -0.1) is 0 Å². The van der Waals surface area contributed by atoms with E-state index in [9.17, 15) is 9.59 Å². The number of ether oxygens (including phenoxy) is 2. The van der Waals surface area contributed by atoms with Crippen molar-refractivity contribution in [2.24, 2.45) is 0 Å². The van der Waals surface area contributed by atoms with Crippen molar-refractivity contribution in [1.82, 2.24) is 15.1 Å². The molecule has 1 aliphatic rings. The first kappa shape index (κ1) is 18.9. The normalized spacial score (nSPS) is 13.4. The summed E-state index contributed by atoms with van der Waals surface area (Å²) in [5.41, 5.74) is 1.75. The molecule has 0 saturated heterocycles. The molecule has 0 atom stereocenters. The molecule has 1 N–H and O–H groups in total. The van der Waals surface area contributed by atoms with Crippen LogP contribution >= 0.6 is 0 Å². The molecule has 7 nitrogen and oxygen atoms in total. The molecule has 1 heterocycles. The third kappa shape index (κ3) is 5.09. The number of methoxy groups -OCH3 is 1. The van der Waals surface area contributed by atoms with Gasteiger partial charge in [-0.1, -0.05) is 18.6 Å². The van der Waals surface area contributed by atoms with Crippen molar-refractivity contribution in [1.29, 1.82) is 0 Å². The third-order valence-corrected chi connectivity index (χ3v) is 4.57. The molecule has 0 spiro atoms. The van der Waals surface area contributed by atoms with Gasteiger partial charge in [-0.3, -0.25) is 9.59 Å². The first-order valence-electron chi connectivity index (χ1n) is 9.30. The fourth-order valence-corrected chi connectivity index (χ4v) is 3.17. The van der Waals surface area contributed by atoms with Crippen LogP contribution in [0.1, 0.15) is 30.5 Å². The fourth-order valence-electron chi connectivity index (χ4n) is 3.17. The second kappa shape index (κ2) is 9.21. The van der Waals surface area contributed by atoms with E-state index in [1.807, 2.05) is 18.2 Å². The number of para-hydroxylation sites is 2. The van der Waals surface area contributed by atoms with Gasteiger partial charge in [-0.05, 0) is 43.4 Å². The van der Waals surface area contributed by atoms with E-state index >= 15 is 0 Å². The fraction of sp³-hybridized carbons (Fsp3) is 0.450. The molecule has 0 fully saturated rings. The topological polar surface area (TPSA) is 82.4 Å². The Hall–Kier alpha value is -2.83. The predicted octanol–water partition coefficient (Wildman–Crippen LogP) is 1.72. The number of hydrogen-bond donors (Lipinski definition) is 1. The summed E-state index contributed by atoms with van der Waals surface area (Å²) in [5, 5.41) is 7.16. The van der Waals surface area contributed by atoms with E-state index in [1.165, 1.54) is 4.68 Å². The Kier molecular flexibility index (Phi) is 6.46. The van der Waals surface area contributed by atoms with Crippen LogP contribution in [0.5, 0.6) is 11.5 Å². The van der Waals surface area contributed by atoms with Crippen molar-refractivity contribution in [2.45, 2.75) is 38.6 Å². The van der Waals surface area contributed by atoms with Gasteiger partial charge in [0.05, 0.1) is 19.3 Å². The van der Waals surface area contributed by atoms with Crippen molar-refractivity contribution in [3.05, 3.63) is 51.9 Å². The Labute approximate surface area is 158 Å². The lowest BCUT2D eigenvalue weighted by molar-refractivity contribution is -0.122. The van der Waals surface area contributed by atoms with Crippen LogP contribution in [0.3, 0.4) is 0 Å². The van der Waals surface area contributed by atoms with Crippen molar-refractivity contribution in [3.8, 4) is 11.5 Å². The van der Waals surface area contributed by atoms with Crippen LogP contribution < -0.4 is 20.3 Å². The van der Waals surface area contributed by atoms with Crippen LogP contribution in [0.15, 0.2) is 35.1 Å². The molecule has 0 bridgehead atoms. The maximum Gasteiger partial charge on any atom is 0.267 e. The van der Waals surface area contributed by atoms with Crippen molar-refractivity contribution in [2.75, 3.05) is 20.3 Å². The number of carbonyl (C=O) groups is 1. The lowest BCUT2D eigenvalue weighted by atomic mass is 10.1. The van der Waals surface area contributed by atoms with Gasteiger partial charge < -0.3 is 14.8 Å². The summed E-state index contributed by atoms with van der Waals surface area (Å²) in [7, 11) is 1.58. The molecule has 27 heavy (non-hydrogen) atoms. The summed E-state index contributed by atoms with van der Waals surface area (Å²) in [4.78, 5) is 24.4. The highest BCUT2D eigenvalue weighted by atomic mass is 16.5. The number of nitrogens with zero attached hydrogens (tertiary/aromatic N) is 2. The summed E-state index contributed by atoms with van der Waals surface area (Å²) in [6, 6.07) is 8.96. The van der Waals surface area contributed by atoms with Gasteiger partial charge >= 0.3 is 0 Å². The summed E-state index contributed by atoms with van der Waals surface area (Å²) in [6.07, 6.45) is 5.07. The minimum Gasteiger partial charge on any atom is -0.493 e. The third-order valence-electron chi connectivity index (χ3n) is 4.57. The second-order valence-corrected chi connectivity index (χ2v) is 6.52. The Bertz CT molecular complexity index is 847. The Morgan fingerprint density at radius 1 is 1.19 bits per heavy atom. The molecule has 7 heteroatoms. The van der Waals surface area contributed by atoms with Crippen molar-refractivity contribution in [3.63, 3.8) is 0 Å². The summed E-state index contributed by atoms with van der Waals surface area (Å²) >= 11 is 0. The zero-order chi connectivity index (χ0) is 19.1. The van der Waals surface area contributed by atoms with E-state index < -0.39 is 0 Å². The summed E-state index contributed by atoms with van der Waals surface area (Å²) < 4.78 is 12.1. The molecule has 1 amide bonds. The van der Waals surface area contributed by atoms with Gasteiger partial charge in [0, 0.05) is 6.07 Å². The van der Waals surface area contributed by atoms with E-state index in [0.717, 1.165) is 43.4 Å². The van der Waals surface area contributed by atoms with Gasteiger partial charge in [0.1, 0.15) is 13.2 Å². The number of carbonyl (C=O) groups excluding carboxylic acids is 1. The molecule has 0 unspecified atom stereocenters. The molecule has 0 saturated carbocycles. The summed E-state index contributed by atoms with van der Waals surface area (Å²) in [6.45, 7) is 0.552. The van der Waals surface area contributed by atoms with E-state index in [1.54, 1.807) is 19.2 Å². The van der Waals surface area contributed by atoms with Crippen LogP contribution in [0.2, 0.25) is 0 Å². The highest BCUT2D eigenvalue weighted by molar-refractivity contribution is 5.75. The monoisotopic (exact) mass is 371 g/mol. The van der Waals surface area contributed by atoms with Gasteiger partial charge in [0.2, 0.25) is 5.91 Å². The van der Waals surface area contributed by atoms with Crippen molar-refractivity contribution >= 4 is 5.91 Å². The standard InChI is InChI=1S/C20H25N3O4/c1-26-17-9-5-6-10-18(17)27-12-11-21-19(24)14-23-20(25)13-15-7-3-2-4-8-16(15)22-23/h5-6,9-10,13H,2-4,7-8,11-12,14H2,1H3,(H,21,24). The maximum absolute atomic E-state index is 12.2. The molecular weight excluding hydrogens is 346 g/mol. The average Bonchev–Trinajstić information content (AvgIpc) is 2.90. The number of benzene rings is 1. The minimum atomic E-state index is -0.262. The van der Waals surface area contributed by atoms with Crippen LogP contribution in [-0.4, -0.2) is 35.9 Å². The van der Waals surface area contributed by atoms with E-state index in [4.69, 9.17) is 9.47 Å². The van der Waals surface area contributed by atoms with Crippen LogP contribution in [0.25, 0.3) is 0 Å². The highest BCUT2D eigenvalue weighted by Crippen LogP contribution is 2.25. The molecular formula is C20H25N3O4. The van der Waals surface area contributed by atoms with Gasteiger partial charge in [-0.2, -0.15) is 5.10 Å². The number of aryl methyl sites for hydroxylation is 2. The SMILES string of the molecule is COc1ccccc1OCCNC(=O)Cn1nc2c(cc1=O)CCCCC2. The number of amides is 1. The minimum absolute atomic E-state index is 0.0826. The molecule has 1 aromatic heterocycles. The summed E-state index contributed by atoms with van der Waals surface area (Å²) in [5.74, 6) is 1.00. The smallest absolute Gasteiger partial charge is 0.267 e. The van der Waals surface area contributed by atoms with E-state index in [-0.39, 0.29) is 18.0 Å². The van der Waals surface area contributed by atoms with Crippen LogP contribution in [0, 0.1) is 0 Å². The van der Waals surface area contributed by atoms with Gasteiger partial charge in [0.25, 0.3) is 5.56 Å². The van der Waals surface area contributed by atoms with E-state index in [0.29, 0.717) is 24.7 Å². The number of hydrogen-bond acceptors (Lipinski definition) is 5. The molecule has 2 aromatic rings. The molecule has 1 aliphatic carbocycles. The van der Waals surface area contributed by atoms with Crippen LogP contribution in [0.4, 0.5) is 0 Å². The zero-order valence-corrected chi connectivity index (χ0v) is 15.6. The number of fused-ring (bicyclic) bond motifs is 1. The van der Waals surface area contributed by atoms with Gasteiger partial charge in [0.15, 0.2) is 11.5 Å². The second-order valence-electron chi connectivity index (χ2n) is 6.52. The number of rotatable bonds is 7. The lowest BCUT2D eigenvalue weighted by Gasteiger charge is -2.12. The predicted molar refractivity (Wildman–Crippen MR) is 101 cm³/mol. The maximum atomic E-state index is 12.2. The number of aromatic nitrogens is 2. The lowest BCUT2D eigenvalue weighted by Crippen LogP contribution is -2.36. The first-order valence-corrected chi connectivity index (χ1v) is 9.30. The molecule has 3 rings (SSSR count). The van der Waals surface area contributed by atoms with Crippen LogP contribution in [-0.2, 0) is 24.2 Å². The molecule has 0 aliphatic heterocycles. The largest absolute Gasteiger partial charge is 0.493 e. The Morgan fingerprint density at radius 2 is 1.96 bits per heavy atom. The van der Waals surface area contributed by atoms with Crippen molar-refractivity contribution < 1.29 is 14.3 Å². The van der Waals surface area contributed by atoms with E-state index in [2.05, 4.69) is 10.4 Å². The molecule has 0 radical (unpaired) electrons.